The molecule has 26 heavy (non-hydrogen) atoms. The molecular formula is C18H14Cl2N2O3S. The van der Waals surface area contributed by atoms with Gasteiger partial charge in [-0.3, -0.25) is 10.1 Å². The van der Waals surface area contributed by atoms with Gasteiger partial charge in [0, 0.05) is 22.0 Å². The van der Waals surface area contributed by atoms with Gasteiger partial charge in [-0.25, -0.2) is 4.98 Å². The lowest BCUT2D eigenvalue weighted by atomic mass is 10.2. The first kappa shape index (κ1) is 18.5. The highest BCUT2D eigenvalue weighted by Gasteiger charge is 2.11. The van der Waals surface area contributed by atoms with E-state index in [1.54, 1.807) is 25.3 Å². The Morgan fingerprint density at radius 1 is 1.23 bits per heavy atom. The quantitative estimate of drug-likeness (QED) is 0.612. The van der Waals surface area contributed by atoms with Crippen molar-refractivity contribution >= 4 is 45.6 Å². The van der Waals surface area contributed by atoms with E-state index in [1.807, 2.05) is 29.6 Å². The molecule has 0 aliphatic heterocycles. The van der Waals surface area contributed by atoms with Crippen molar-refractivity contribution in [2.24, 2.45) is 0 Å². The molecule has 0 spiro atoms. The predicted molar refractivity (Wildman–Crippen MR) is 105 cm³/mol. The fourth-order valence-electron chi connectivity index (χ4n) is 2.13. The fraction of sp³-hybridized carbons (Fsp3) is 0.111. The number of amides is 1. The van der Waals surface area contributed by atoms with Crippen LogP contribution in [0.3, 0.4) is 0 Å². The second-order valence-corrected chi connectivity index (χ2v) is 6.88. The molecule has 0 bridgehead atoms. The van der Waals surface area contributed by atoms with Gasteiger partial charge in [-0.05, 0) is 24.3 Å². The van der Waals surface area contributed by atoms with E-state index in [9.17, 15) is 4.79 Å². The average Bonchev–Trinajstić information content (AvgIpc) is 3.11. The summed E-state index contributed by atoms with van der Waals surface area (Å²) in [4.78, 5) is 16.5. The molecule has 3 rings (SSSR count). The SMILES string of the molecule is COc1cccc(-c2csc(NC(=O)COc3cc(Cl)ccc3Cl)n2)c1. The molecule has 1 N–H and O–H groups in total. The molecule has 1 heterocycles. The summed E-state index contributed by atoms with van der Waals surface area (Å²) in [6, 6.07) is 12.4. The minimum atomic E-state index is -0.340. The molecule has 2 aromatic carbocycles. The molecule has 1 aromatic heterocycles. The Labute approximate surface area is 164 Å². The lowest BCUT2D eigenvalue weighted by Gasteiger charge is -2.07. The fourth-order valence-corrected chi connectivity index (χ4v) is 3.20. The first-order valence-corrected chi connectivity index (χ1v) is 9.16. The molecule has 8 heteroatoms. The van der Waals surface area contributed by atoms with Crippen LogP contribution >= 0.6 is 34.5 Å². The monoisotopic (exact) mass is 408 g/mol. The van der Waals surface area contributed by atoms with Crippen molar-refractivity contribution in [2.75, 3.05) is 19.0 Å². The first-order valence-electron chi connectivity index (χ1n) is 7.53. The summed E-state index contributed by atoms with van der Waals surface area (Å²) in [5.74, 6) is 0.756. The maximum atomic E-state index is 12.1. The lowest BCUT2D eigenvalue weighted by molar-refractivity contribution is -0.118. The van der Waals surface area contributed by atoms with E-state index in [1.165, 1.54) is 11.3 Å². The molecule has 0 aliphatic rings. The largest absolute Gasteiger partial charge is 0.497 e. The number of nitrogens with zero attached hydrogens (tertiary/aromatic N) is 1. The van der Waals surface area contributed by atoms with Crippen LogP contribution in [-0.2, 0) is 4.79 Å². The van der Waals surface area contributed by atoms with Gasteiger partial charge in [0.25, 0.3) is 5.91 Å². The zero-order valence-electron chi connectivity index (χ0n) is 13.7. The van der Waals surface area contributed by atoms with E-state index in [0.29, 0.717) is 20.9 Å². The van der Waals surface area contributed by atoms with Crippen LogP contribution in [0.15, 0.2) is 47.8 Å². The average molecular weight is 409 g/mol. The van der Waals surface area contributed by atoms with Crippen LogP contribution in [0.5, 0.6) is 11.5 Å². The van der Waals surface area contributed by atoms with Crippen molar-refractivity contribution in [3.63, 3.8) is 0 Å². The smallest absolute Gasteiger partial charge is 0.264 e. The van der Waals surface area contributed by atoms with Crippen molar-refractivity contribution in [2.45, 2.75) is 0 Å². The predicted octanol–water partition coefficient (Wildman–Crippen LogP) is 5.14. The summed E-state index contributed by atoms with van der Waals surface area (Å²) in [7, 11) is 1.61. The van der Waals surface area contributed by atoms with E-state index in [-0.39, 0.29) is 12.5 Å². The molecule has 3 aromatic rings. The number of anilines is 1. The highest BCUT2D eigenvalue weighted by molar-refractivity contribution is 7.14. The van der Waals surface area contributed by atoms with Crippen LogP contribution in [-0.4, -0.2) is 24.6 Å². The normalized spacial score (nSPS) is 10.4. The van der Waals surface area contributed by atoms with Gasteiger partial charge in [0.05, 0.1) is 17.8 Å². The summed E-state index contributed by atoms with van der Waals surface area (Å²) in [5, 5.41) is 5.91. The Bertz CT molecular complexity index is 930. The van der Waals surface area contributed by atoms with Crippen LogP contribution in [0.25, 0.3) is 11.3 Å². The number of benzene rings is 2. The van der Waals surface area contributed by atoms with E-state index in [4.69, 9.17) is 32.7 Å². The van der Waals surface area contributed by atoms with Gasteiger partial charge in [-0.2, -0.15) is 0 Å². The molecular weight excluding hydrogens is 395 g/mol. The highest BCUT2D eigenvalue weighted by atomic mass is 35.5. The number of nitrogens with one attached hydrogen (secondary N) is 1. The third kappa shape index (κ3) is 4.66. The van der Waals surface area contributed by atoms with Gasteiger partial charge < -0.3 is 9.47 Å². The Morgan fingerprint density at radius 2 is 2.08 bits per heavy atom. The minimum absolute atomic E-state index is 0.200. The van der Waals surface area contributed by atoms with Crippen molar-refractivity contribution in [3.05, 3.63) is 57.9 Å². The standard InChI is InChI=1S/C18H14Cl2N2O3S/c1-24-13-4-2-3-11(7-13)15-10-26-18(21-15)22-17(23)9-25-16-8-12(19)5-6-14(16)20/h2-8,10H,9H2,1H3,(H,21,22,23). The van der Waals surface area contributed by atoms with Crippen molar-refractivity contribution < 1.29 is 14.3 Å². The molecule has 0 radical (unpaired) electrons. The Hall–Kier alpha value is -2.28. The highest BCUT2D eigenvalue weighted by Crippen LogP contribution is 2.29. The van der Waals surface area contributed by atoms with Crippen LogP contribution in [0.2, 0.25) is 10.0 Å². The summed E-state index contributed by atoms with van der Waals surface area (Å²) < 4.78 is 10.6. The number of ether oxygens (including phenoxy) is 2. The second-order valence-electron chi connectivity index (χ2n) is 5.18. The number of carbonyl (C=O) groups is 1. The van der Waals surface area contributed by atoms with Gasteiger partial charge in [0.1, 0.15) is 11.5 Å². The number of aromatic nitrogens is 1. The molecule has 0 aliphatic carbocycles. The van der Waals surface area contributed by atoms with Crippen LogP contribution in [0, 0.1) is 0 Å². The zero-order valence-corrected chi connectivity index (χ0v) is 16.0. The molecule has 0 unspecified atom stereocenters. The molecule has 0 fully saturated rings. The summed E-state index contributed by atoms with van der Waals surface area (Å²) >= 11 is 13.2. The second kappa shape index (κ2) is 8.40. The first-order chi connectivity index (χ1) is 12.5. The van der Waals surface area contributed by atoms with Gasteiger partial charge in [0.2, 0.25) is 0 Å². The summed E-state index contributed by atoms with van der Waals surface area (Å²) in [6.07, 6.45) is 0. The van der Waals surface area contributed by atoms with Crippen LogP contribution in [0.4, 0.5) is 5.13 Å². The third-order valence-electron chi connectivity index (χ3n) is 3.37. The van der Waals surface area contributed by atoms with E-state index < -0.39 is 0 Å². The molecule has 5 nitrogen and oxygen atoms in total. The van der Waals surface area contributed by atoms with E-state index in [2.05, 4.69) is 10.3 Å². The Morgan fingerprint density at radius 3 is 2.88 bits per heavy atom. The van der Waals surface area contributed by atoms with Crippen molar-refractivity contribution in [3.8, 4) is 22.8 Å². The number of carbonyl (C=O) groups excluding carboxylic acids is 1. The maximum absolute atomic E-state index is 12.1. The topological polar surface area (TPSA) is 60.5 Å². The molecule has 0 atom stereocenters. The van der Waals surface area contributed by atoms with Gasteiger partial charge in [-0.1, -0.05) is 35.3 Å². The van der Waals surface area contributed by atoms with E-state index in [0.717, 1.165) is 17.0 Å². The van der Waals surface area contributed by atoms with Gasteiger partial charge in [0.15, 0.2) is 11.7 Å². The number of hydrogen-bond acceptors (Lipinski definition) is 5. The summed E-state index contributed by atoms with van der Waals surface area (Å²) in [5.41, 5.74) is 1.66. The van der Waals surface area contributed by atoms with Gasteiger partial charge in [-0.15, -0.1) is 11.3 Å². The minimum Gasteiger partial charge on any atom is -0.497 e. The zero-order chi connectivity index (χ0) is 18.5. The number of hydrogen-bond donors (Lipinski definition) is 1. The molecule has 0 saturated carbocycles. The number of methoxy groups -OCH3 is 1. The van der Waals surface area contributed by atoms with Crippen LogP contribution in [0.1, 0.15) is 0 Å². The van der Waals surface area contributed by atoms with E-state index >= 15 is 0 Å². The molecule has 134 valence electrons. The number of rotatable bonds is 6. The maximum Gasteiger partial charge on any atom is 0.264 e. The van der Waals surface area contributed by atoms with Crippen molar-refractivity contribution in [1.29, 1.82) is 0 Å². The molecule has 0 saturated heterocycles. The molecule has 1 amide bonds. The lowest BCUT2D eigenvalue weighted by Crippen LogP contribution is -2.20. The Kier molecular flexibility index (Phi) is 5.98. The Balaban J connectivity index is 1.61. The number of halogens is 2. The van der Waals surface area contributed by atoms with Crippen molar-refractivity contribution in [1.82, 2.24) is 4.98 Å². The summed E-state index contributed by atoms with van der Waals surface area (Å²) in [6.45, 7) is -0.200. The van der Waals surface area contributed by atoms with Crippen LogP contribution < -0.4 is 14.8 Å². The van der Waals surface area contributed by atoms with Gasteiger partial charge >= 0.3 is 0 Å². The number of thiazole rings is 1. The third-order valence-corrected chi connectivity index (χ3v) is 4.67.